The van der Waals surface area contributed by atoms with E-state index < -0.39 is 0 Å². The summed E-state index contributed by atoms with van der Waals surface area (Å²) in [5, 5.41) is 14.7. The van der Waals surface area contributed by atoms with Gasteiger partial charge in [-0.1, -0.05) is 23.5 Å². The summed E-state index contributed by atoms with van der Waals surface area (Å²) >= 11 is 1.57. The van der Waals surface area contributed by atoms with Crippen molar-refractivity contribution >= 4 is 43.3 Å². The largest absolute Gasteiger partial charge is 0.493 e. The molecule has 5 rings (SSSR count). The molecule has 0 atom stereocenters. The molecule has 1 fully saturated rings. The Morgan fingerprint density at radius 2 is 1.97 bits per heavy atom. The van der Waals surface area contributed by atoms with Crippen molar-refractivity contribution in [2.24, 2.45) is 0 Å². The third-order valence-corrected chi connectivity index (χ3v) is 7.23. The van der Waals surface area contributed by atoms with E-state index in [-0.39, 0.29) is 0 Å². The average Bonchev–Trinajstić information content (AvgIpc) is 3.26. The maximum absolute atomic E-state index is 9.71. The van der Waals surface area contributed by atoms with Gasteiger partial charge in [0.1, 0.15) is 11.8 Å². The van der Waals surface area contributed by atoms with Crippen LogP contribution in [0.15, 0.2) is 42.6 Å². The molecule has 0 spiro atoms. The summed E-state index contributed by atoms with van der Waals surface area (Å²) in [7, 11) is 2.18. The van der Waals surface area contributed by atoms with Crippen LogP contribution in [0.4, 0.5) is 10.8 Å². The van der Waals surface area contributed by atoms with Crippen molar-refractivity contribution in [2.75, 3.05) is 51.7 Å². The quantitative estimate of drug-likeness (QED) is 0.388. The Hall–Kier alpha value is -3.25. The van der Waals surface area contributed by atoms with Crippen molar-refractivity contribution in [1.29, 1.82) is 5.26 Å². The highest BCUT2D eigenvalue weighted by Gasteiger charge is 2.15. The Morgan fingerprint density at radius 1 is 1.15 bits per heavy atom. The summed E-state index contributed by atoms with van der Waals surface area (Å²) in [6.07, 6.45) is 2.61. The first-order valence-corrected chi connectivity index (χ1v) is 12.4. The number of nitrogens with one attached hydrogen (secondary N) is 1. The van der Waals surface area contributed by atoms with Gasteiger partial charge in [0.2, 0.25) is 0 Å². The molecule has 4 aromatic rings. The van der Waals surface area contributed by atoms with Gasteiger partial charge in [-0.3, -0.25) is 4.98 Å². The lowest BCUT2D eigenvalue weighted by Crippen LogP contribution is -2.44. The topological polar surface area (TPSA) is 77.3 Å². The van der Waals surface area contributed by atoms with Gasteiger partial charge in [-0.05, 0) is 44.2 Å². The number of pyridine rings is 1. The predicted octanol–water partition coefficient (Wildman–Crippen LogP) is 4.78. The van der Waals surface area contributed by atoms with E-state index in [0.29, 0.717) is 12.2 Å². The van der Waals surface area contributed by atoms with Crippen LogP contribution in [-0.2, 0) is 0 Å². The molecule has 34 heavy (non-hydrogen) atoms. The number of aromatic nitrogens is 2. The Bertz CT molecular complexity index is 1320. The fraction of sp³-hybridized carbons (Fsp3) is 0.346. The maximum atomic E-state index is 9.71. The zero-order valence-corrected chi connectivity index (χ0v) is 20.4. The molecule has 2 aromatic heterocycles. The zero-order valence-electron chi connectivity index (χ0n) is 19.5. The van der Waals surface area contributed by atoms with E-state index in [1.165, 1.54) is 0 Å². The lowest BCUT2D eigenvalue weighted by molar-refractivity contribution is 0.145. The second-order valence-electron chi connectivity index (χ2n) is 8.75. The second kappa shape index (κ2) is 9.94. The number of nitriles is 1. The molecule has 1 aliphatic rings. The molecule has 3 heterocycles. The molecule has 8 heteroatoms. The standard InChI is InChI=1S/C26H28N6OS/c1-18-14-20-22(15-23(18)33-13-5-8-32-11-9-31(2)10-12-32)28-17-19(16-27)25(20)30-26-29-21-6-3-4-7-24(21)34-26/h3-4,6-7,14-15,17H,5,8-13H2,1-2H3,(H,28,29,30). The Kier molecular flexibility index (Phi) is 6.59. The number of ether oxygens (including phenoxy) is 1. The number of fused-ring (bicyclic) bond motifs is 2. The third-order valence-electron chi connectivity index (χ3n) is 6.28. The molecular formula is C26H28N6OS. The lowest BCUT2D eigenvalue weighted by Gasteiger charge is -2.32. The second-order valence-corrected chi connectivity index (χ2v) is 9.78. The molecule has 1 aliphatic heterocycles. The molecule has 0 unspecified atom stereocenters. The summed E-state index contributed by atoms with van der Waals surface area (Å²) in [5.41, 5.74) is 3.98. The monoisotopic (exact) mass is 472 g/mol. The van der Waals surface area contributed by atoms with Crippen LogP contribution < -0.4 is 10.1 Å². The first kappa shape index (κ1) is 22.5. The van der Waals surface area contributed by atoms with Crippen LogP contribution in [-0.4, -0.2) is 66.1 Å². The van der Waals surface area contributed by atoms with E-state index in [0.717, 1.165) is 82.4 Å². The van der Waals surface area contributed by atoms with Gasteiger partial charge >= 0.3 is 0 Å². The Balaban J connectivity index is 1.33. The number of thiazole rings is 1. The molecule has 2 aromatic carbocycles. The van der Waals surface area contributed by atoms with Gasteiger partial charge in [0, 0.05) is 50.4 Å². The number of para-hydroxylation sites is 1. The number of nitrogens with zero attached hydrogens (tertiary/aromatic N) is 5. The SMILES string of the molecule is Cc1cc2c(Nc3nc4ccccc4s3)c(C#N)cnc2cc1OCCCN1CCN(C)CC1. The first-order chi connectivity index (χ1) is 16.6. The molecule has 174 valence electrons. The Morgan fingerprint density at radius 3 is 2.76 bits per heavy atom. The van der Waals surface area contributed by atoms with Gasteiger partial charge in [0.05, 0.1) is 33.6 Å². The fourth-order valence-electron chi connectivity index (χ4n) is 4.28. The van der Waals surface area contributed by atoms with E-state index in [4.69, 9.17) is 4.74 Å². The first-order valence-electron chi connectivity index (χ1n) is 11.6. The maximum Gasteiger partial charge on any atom is 0.188 e. The molecule has 0 aliphatic carbocycles. The third kappa shape index (κ3) is 4.82. The van der Waals surface area contributed by atoms with Gasteiger partial charge in [-0.25, -0.2) is 4.98 Å². The molecule has 1 N–H and O–H groups in total. The van der Waals surface area contributed by atoms with Crippen LogP contribution in [0, 0.1) is 18.3 Å². The van der Waals surface area contributed by atoms with Gasteiger partial charge < -0.3 is 19.9 Å². The van der Waals surface area contributed by atoms with E-state index >= 15 is 0 Å². The number of anilines is 2. The molecule has 7 nitrogen and oxygen atoms in total. The van der Waals surface area contributed by atoms with Crippen molar-refractivity contribution in [3.05, 3.63) is 53.7 Å². The van der Waals surface area contributed by atoms with Crippen molar-refractivity contribution in [3.8, 4) is 11.8 Å². The minimum Gasteiger partial charge on any atom is -0.493 e. The highest BCUT2D eigenvalue weighted by molar-refractivity contribution is 7.22. The van der Waals surface area contributed by atoms with Crippen LogP contribution in [0.25, 0.3) is 21.1 Å². The van der Waals surface area contributed by atoms with Gasteiger partial charge in [0.15, 0.2) is 5.13 Å². The average molecular weight is 473 g/mol. The molecule has 0 saturated carbocycles. The number of rotatable bonds is 7. The van der Waals surface area contributed by atoms with Crippen molar-refractivity contribution in [1.82, 2.24) is 19.8 Å². The number of hydrogen-bond acceptors (Lipinski definition) is 8. The fourth-order valence-corrected chi connectivity index (χ4v) is 5.15. The zero-order chi connectivity index (χ0) is 23.5. The minimum atomic E-state index is 0.493. The molecule has 0 amide bonds. The van der Waals surface area contributed by atoms with E-state index in [1.54, 1.807) is 17.5 Å². The predicted molar refractivity (Wildman–Crippen MR) is 138 cm³/mol. The molecule has 0 bridgehead atoms. The minimum absolute atomic E-state index is 0.493. The summed E-state index contributed by atoms with van der Waals surface area (Å²) in [5.74, 6) is 0.842. The van der Waals surface area contributed by atoms with Gasteiger partial charge in [0.25, 0.3) is 0 Å². The van der Waals surface area contributed by atoms with E-state index in [1.807, 2.05) is 37.3 Å². The highest BCUT2D eigenvalue weighted by Crippen LogP contribution is 2.35. The van der Waals surface area contributed by atoms with Crippen molar-refractivity contribution < 1.29 is 4.74 Å². The van der Waals surface area contributed by atoms with E-state index in [9.17, 15) is 5.26 Å². The van der Waals surface area contributed by atoms with Crippen LogP contribution in [0.1, 0.15) is 17.5 Å². The summed E-state index contributed by atoms with van der Waals surface area (Å²) in [6, 6.07) is 14.3. The van der Waals surface area contributed by atoms with Gasteiger partial charge in [-0.2, -0.15) is 5.26 Å². The summed E-state index contributed by atoms with van der Waals surface area (Å²) in [4.78, 5) is 14.1. The van der Waals surface area contributed by atoms with Crippen LogP contribution in [0.3, 0.4) is 0 Å². The summed E-state index contributed by atoms with van der Waals surface area (Å²) < 4.78 is 7.24. The number of piperazine rings is 1. The number of benzene rings is 2. The van der Waals surface area contributed by atoms with Crippen LogP contribution in [0.5, 0.6) is 5.75 Å². The number of likely N-dealkylation sites (N-methyl/N-ethyl adjacent to an activating group) is 1. The normalized spacial score (nSPS) is 15.0. The van der Waals surface area contributed by atoms with E-state index in [2.05, 4.69) is 44.3 Å². The highest BCUT2D eigenvalue weighted by atomic mass is 32.1. The lowest BCUT2D eigenvalue weighted by atomic mass is 10.1. The molecule has 0 radical (unpaired) electrons. The summed E-state index contributed by atoms with van der Waals surface area (Å²) in [6.45, 7) is 8.28. The molecule has 1 saturated heterocycles. The van der Waals surface area contributed by atoms with Crippen LogP contribution >= 0.6 is 11.3 Å². The number of hydrogen-bond donors (Lipinski definition) is 1. The number of aryl methyl sites for hydroxylation is 1. The van der Waals surface area contributed by atoms with Crippen LogP contribution in [0.2, 0.25) is 0 Å². The van der Waals surface area contributed by atoms with Crippen molar-refractivity contribution in [2.45, 2.75) is 13.3 Å². The Labute approximate surface area is 203 Å². The van der Waals surface area contributed by atoms with Crippen molar-refractivity contribution in [3.63, 3.8) is 0 Å². The smallest absolute Gasteiger partial charge is 0.188 e. The molecular weight excluding hydrogens is 444 g/mol. The van der Waals surface area contributed by atoms with Gasteiger partial charge in [-0.15, -0.1) is 0 Å².